The molecule has 0 saturated carbocycles. The molecule has 118 valence electrons. The molecule has 22 heavy (non-hydrogen) atoms. The highest BCUT2D eigenvalue weighted by atomic mass is 16.5. The maximum absolute atomic E-state index is 11.9. The predicted octanol–water partition coefficient (Wildman–Crippen LogP) is 3.40. The van der Waals surface area contributed by atoms with Crippen LogP contribution in [0.15, 0.2) is 40.8 Å². The van der Waals surface area contributed by atoms with Crippen molar-refractivity contribution in [2.24, 2.45) is 0 Å². The average Bonchev–Trinajstić information content (AvgIpc) is 3.02. The van der Waals surface area contributed by atoms with E-state index in [1.54, 1.807) is 19.2 Å². The molecule has 5 heteroatoms. The molecule has 1 atom stereocenters. The van der Waals surface area contributed by atoms with Gasteiger partial charge in [-0.05, 0) is 49.7 Å². The number of amides is 1. The number of nitrogens with one attached hydrogen (secondary N) is 1. The van der Waals surface area contributed by atoms with E-state index in [0.717, 1.165) is 12.2 Å². The van der Waals surface area contributed by atoms with Gasteiger partial charge in [-0.15, -0.1) is 0 Å². The monoisotopic (exact) mass is 303 g/mol. The highest BCUT2D eigenvalue weighted by molar-refractivity contribution is 5.91. The van der Waals surface area contributed by atoms with Crippen LogP contribution in [0.2, 0.25) is 0 Å². The lowest BCUT2D eigenvalue weighted by molar-refractivity contribution is 0.0907. The molecule has 0 radical (unpaired) electrons. The van der Waals surface area contributed by atoms with Crippen molar-refractivity contribution in [2.45, 2.75) is 32.9 Å². The maximum atomic E-state index is 11.9. The number of rotatable bonds is 7. The Morgan fingerprint density at radius 3 is 2.50 bits per heavy atom. The lowest BCUT2D eigenvalue weighted by Gasteiger charge is -2.09. The van der Waals surface area contributed by atoms with Crippen LogP contribution >= 0.6 is 0 Å². The van der Waals surface area contributed by atoms with Gasteiger partial charge in [-0.3, -0.25) is 4.79 Å². The van der Waals surface area contributed by atoms with E-state index in [4.69, 9.17) is 13.9 Å². The molecule has 1 aromatic heterocycles. The number of carbonyl (C=O) groups is 1. The first kappa shape index (κ1) is 15.9. The van der Waals surface area contributed by atoms with E-state index in [-0.39, 0.29) is 18.6 Å². The normalized spacial score (nSPS) is 11.8. The van der Waals surface area contributed by atoms with Crippen LogP contribution in [-0.4, -0.2) is 19.1 Å². The molecule has 5 nitrogen and oxygen atoms in total. The molecule has 1 heterocycles. The summed E-state index contributed by atoms with van der Waals surface area (Å²) in [5.41, 5.74) is 0. The highest BCUT2D eigenvalue weighted by Gasteiger charge is 2.13. The van der Waals surface area contributed by atoms with Gasteiger partial charge < -0.3 is 19.2 Å². The maximum Gasteiger partial charge on any atom is 0.287 e. The standard InChI is InChI=1S/C17H21NO4/c1-4-12(2)18-17(19)16-10-9-15(22-16)11-21-14-7-5-13(20-3)6-8-14/h5-10,12H,4,11H2,1-3H3,(H,18,19). The molecule has 0 saturated heterocycles. The van der Waals surface area contributed by atoms with Crippen molar-refractivity contribution in [3.05, 3.63) is 47.9 Å². The van der Waals surface area contributed by atoms with E-state index in [9.17, 15) is 4.79 Å². The zero-order valence-electron chi connectivity index (χ0n) is 13.1. The Bertz CT molecular complexity index is 603. The van der Waals surface area contributed by atoms with Crippen LogP contribution in [-0.2, 0) is 6.61 Å². The van der Waals surface area contributed by atoms with Gasteiger partial charge in [-0.2, -0.15) is 0 Å². The zero-order chi connectivity index (χ0) is 15.9. The number of methoxy groups -OCH3 is 1. The Balaban J connectivity index is 1.90. The minimum Gasteiger partial charge on any atom is -0.497 e. The topological polar surface area (TPSA) is 60.7 Å². The van der Waals surface area contributed by atoms with Crippen LogP contribution in [0, 0.1) is 0 Å². The van der Waals surface area contributed by atoms with Gasteiger partial charge in [0.25, 0.3) is 5.91 Å². The van der Waals surface area contributed by atoms with Crippen molar-refractivity contribution >= 4 is 5.91 Å². The smallest absolute Gasteiger partial charge is 0.287 e. The Hall–Kier alpha value is -2.43. The Morgan fingerprint density at radius 2 is 1.86 bits per heavy atom. The van der Waals surface area contributed by atoms with Crippen molar-refractivity contribution in [3.63, 3.8) is 0 Å². The zero-order valence-corrected chi connectivity index (χ0v) is 13.1. The minimum absolute atomic E-state index is 0.122. The Morgan fingerprint density at radius 1 is 1.18 bits per heavy atom. The van der Waals surface area contributed by atoms with Crippen LogP contribution in [0.3, 0.4) is 0 Å². The van der Waals surface area contributed by atoms with Crippen LogP contribution in [0.4, 0.5) is 0 Å². The number of carbonyl (C=O) groups excluding carboxylic acids is 1. The van der Waals surface area contributed by atoms with Gasteiger partial charge >= 0.3 is 0 Å². The number of ether oxygens (including phenoxy) is 2. The Kier molecular flexibility index (Phi) is 5.47. The lowest BCUT2D eigenvalue weighted by atomic mass is 10.2. The van der Waals surface area contributed by atoms with Gasteiger partial charge in [0, 0.05) is 6.04 Å². The Labute approximate surface area is 130 Å². The molecular weight excluding hydrogens is 282 g/mol. The molecular formula is C17H21NO4. The third kappa shape index (κ3) is 4.28. The third-order valence-electron chi connectivity index (χ3n) is 3.32. The van der Waals surface area contributed by atoms with Crippen molar-refractivity contribution in [1.29, 1.82) is 0 Å². The molecule has 1 amide bonds. The van der Waals surface area contributed by atoms with Crippen LogP contribution in [0.25, 0.3) is 0 Å². The van der Waals surface area contributed by atoms with Gasteiger partial charge in [-0.25, -0.2) is 0 Å². The average molecular weight is 303 g/mol. The van der Waals surface area contributed by atoms with Crippen molar-refractivity contribution in [3.8, 4) is 11.5 Å². The van der Waals surface area contributed by atoms with Crippen molar-refractivity contribution in [2.75, 3.05) is 7.11 Å². The van der Waals surface area contributed by atoms with Crippen molar-refractivity contribution in [1.82, 2.24) is 5.32 Å². The number of hydrogen-bond donors (Lipinski definition) is 1. The number of hydrogen-bond acceptors (Lipinski definition) is 4. The SMILES string of the molecule is CCC(C)NC(=O)c1ccc(COc2ccc(OC)cc2)o1. The van der Waals surface area contributed by atoms with Gasteiger partial charge in [-0.1, -0.05) is 6.92 Å². The fourth-order valence-corrected chi connectivity index (χ4v) is 1.80. The first-order chi connectivity index (χ1) is 10.6. The van der Waals surface area contributed by atoms with Gasteiger partial charge in [0.15, 0.2) is 5.76 Å². The number of furan rings is 1. The summed E-state index contributed by atoms with van der Waals surface area (Å²) in [5, 5.41) is 2.86. The molecule has 0 aliphatic rings. The van der Waals surface area contributed by atoms with E-state index in [1.165, 1.54) is 0 Å². The molecule has 2 aromatic rings. The second-order valence-electron chi connectivity index (χ2n) is 5.01. The van der Waals surface area contributed by atoms with E-state index in [0.29, 0.717) is 17.3 Å². The van der Waals surface area contributed by atoms with E-state index < -0.39 is 0 Å². The summed E-state index contributed by atoms with van der Waals surface area (Å²) in [6, 6.07) is 10.8. The van der Waals surface area contributed by atoms with Crippen LogP contribution < -0.4 is 14.8 Å². The molecule has 0 spiro atoms. The van der Waals surface area contributed by atoms with Gasteiger partial charge in [0.2, 0.25) is 0 Å². The fourth-order valence-electron chi connectivity index (χ4n) is 1.80. The van der Waals surface area contributed by atoms with Gasteiger partial charge in [0.1, 0.15) is 23.9 Å². The van der Waals surface area contributed by atoms with E-state index >= 15 is 0 Å². The fraction of sp³-hybridized carbons (Fsp3) is 0.353. The summed E-state index contributed by atoms with van der Waals surface area (Å²) in [4.78, 5) is 11.9. The first-order valence-electron chi connectivity index (χ1n) is 7.28. The molecule has 0 fully saturated rings. The van der Waals surface area contributed by atoms with Crippen molar-refractivity contribution < 1.29 is 18.7 Å². The summed E-state index contributed by atoms with van der Waals surface area (Å²) in [6.45, 7) is 4.23. The molecule has 2 rings (SSSR count). The van der Waals surface area contributed by atoms with E-state index in [2.05, 4.69) is 5.32 Å². The second-order valence-corrected chi connectivity index (χ2v) is 5.01. The molecule has 0 bridgehead atoms. The molecule has 1 unspecified atom stereocenters. The van der Waals surface area contributed by atoms with E-state index in [1.807, 2.05) is 38.1 Å². The summed E-state index contributed by atoms with van der Waals surface area (Å²) < 4.78 is 16.2. The summed E-state index contributed by atoms with van der Waals surface area (Å²) in [5.74, 6) is 2.18. The first-order valence-corrected chi connectivity index (χ1v) is 7.28. The van der Waals surface area contributed by atoms with Crippen LogP contribution in [0.1, 0.15) is 36.6 Å². The quantitative estimate of drug-likeness (QED) is 0.851. The summed E-state index contributed by atoms with van der Waals surface area (Å²) >= 11 is 0. The third-order valence-corrected chi connectivity index (χ3v) is 3.32. The highest BCUT2D eigenvalue weighted by Crippen LogP contribution is 2.18. The number of benzene rings is 1. The predicted molar refractivity (Wildman–Crippen MR) is 83.3 cm³/mol. The minimum atomic E-state index is -0.204. The molecule has 0 aliphatic carbocycles. The molecule has 0 aliphatic heterocycles. The second kappa shape index (κ2) is 7.54. The summed E-state index contributed by atoms with van der Waals surface area (Å²) in [7, 11) is 1.62. The van der Waals surface area contributed by atoms with Crippen LogP contribution in [0.5, 0.6) is 11.5 Å². The molecule has 1 N–H and O–H groups in total. The molecule has 1 aromatic carbocycles. The lowest BCUT2D eigenvalue weighted by Crippen LogP contribution is -2.31. The van der Waals surface area contributed by atoms with Gasteiger partial charge in [0.05, 0.1) is 7.11 Å². The summed E-state index contributed by atoms with van der Waals surface area (Å²) in [6.07, 6.45) is 0.875. The largest absolute Gasteiger partial charge is 0.497 e.